The van der Waals surface area contributed by atoms with E-state index in [9.17, 15) is 0 Å². The minimum Gasteiger partial charge on any atom is -0.385 e. The van der Waals surface area contributed by atoms with Crippen LogP contribution in [0.1, 0.15) is 30.4 Å². The largest absolute Gasteiger partial charge is 0.385 e. The highest BCUT2D eigenvalue weighted by Crippen LogP contribution is 2.48. The summed E-state index contributed by atoms with van der Waals surface area (Å²) in [6, 6.07) is 2.06. The van der Waals surface area contributed by atoms with Crippen molar-refractivity contribution in [3.63, 3.8) is 0 Å². The topological polar surface area (TPSA) is 34.1 Å². The maximum Gasteiger partial charge on any atom is 0.0468 e. The highest BCUT2D eigenvalue weighted by Gasteiger charge is 2.41. The Morgan fingerprint density at radius 2 is 2.29 bits per heavy atom. The van der Waals surface area contributed by atoms with E-state index in [1.165, 1.54) is 30.4 Å². The Balaban J connectivity index is 1.75. The van der Waals surface area contributed by atoms with Gasteiger partial charge in [0.1, 0.15) is 0 Å². The average molecular weight is 234 g/mol. The van der Waals surface area contributed by atoms with Crippen molar-refractivity contribution in [3.05, 3.63) is 29.6 Å². The Bertz CT molecular complexity index is 361. The molecule has 0 radical (unpaired) electrons. The van der Waals surface area contributed by atoms with E-state index in [0.29, 0.717) is 5.41 Å². The van der Waals surface area contributed by atoms with Gasteiger partial charge in [0.05, 0.1) is 0 Å². The molecule has 0 unspecified atom stereocenters. The first kappa shape index (κ1) is 12.5. The standard InChI is InChI=1S/C14H22N2O/c1-12-3-7-15-9-13(12)10-16-11-14(4-5-14)6-8-17-2/h3,7,9,16H,4-6,8,10-11H2,1-2H3. The van der Waals surface area contributed by atoms with Crippen LogP contribution in [0.3, 0.4) is 0 Å². The van der Waals surface area contributed by atoms with Gasteiger partial charge >= 0.3 is 0 Å². The number of hydrogen-bond acceptors (Lipinski definition) is 3. The lowest BCUT2D eigenvalue weighted by Gasteiger charge is -2.15. The second-order valence-electron chi connectivity index (χ2n) is 5.15. The van der Waals surface area contributed by atoms with Gasteiger partial charge in [-0.2, -0.15) is 0 Å². The predicted octanol–water partition coefficient (Wildman–Crippen LogP) is 2.30. The van der Waals surface area contributed by atoms with E-state index >= 15 is 0 Å². The highest BCUT2D eigenvalue weighted by molar-refractivity contribution is 5.21. The van der Waals surface area contributed by atoms with E-state index in [1.807, 2.05) is 12.4 Å². The zero-order valence-corrected chi connectivity index (χ0v) is 10.8. The molecule has 1 aromatic heterocycles. The second-order valence-corrected chi connectivity index (χ2v) is 5.15. The molecule has 0 aliphatic heterocycles. The number of pyridine rings is 1. The summed E-state index contributed by atoms with van der Waals surface area (Å²) in [5, 5.41) is 3.56. The lowest BCUT2D eigenvalue weighted by atomic mass is 10.0. The fourth-order valence-electron chi connectivity index (χ4n) is 2.15. The van der Waals surface area contributed by atoms with Crippen molar-refractivity contribution in [1.82, 2.24) is 10.3 Å². The number of hydrogen-bond donors (Lipinski definition) is 1. The molecule has 0 bridgehead atoms. The van der Waals surface area contributed by atoms with Crippen LogP contribution < -0.4 is 5.32 Å². The van der Waals surface area contributed by atoms with Crippen molar-refractivity contribution >= 4 is 0 Å². The fraction of sp³-hybridized carbons (Fsp3) is 0.643. The van der Waals surface area contributed by atoms with E-state index in [1.54, 1.807) is 7.11 Å². The zero-order valence-electron chi connectivity index (χ0n) is 10.8. The normalized spacial score (nSPS) is 17.1. The Kier molecular flexibility index (Phi) is 4.13. The average Bonchev–Trinajstić information content (AvgIpc) is 3.10. The van der Waals surface area contributed by atoms with Crippen molar-refractivity contribution in [2.45, 2.75) is 32.7 Å². The summed E-state index contributed by atoms with van der Waals surface area (Å²) >= 11 is 0. The van der Waals surface area contributed by atoms with Gasteiger partial charge in [-0.05, 0) is 48.8 Å². The van der Waals surface area contributed by atoms with E-state index in [0.717, 1.165) is 19.7 Å². The highest BCUT2D eigenvalue weighted by atomic mass is 16.5. The Morgan fingerprint density at radius 1 is 1.47 bits per heavy atom. The number of aromatic nitrogens is 1. The third kappa shape index (κ3) is 3.51. The molecule has 1 aliphatic carbocycles. The van der Waals surface area contributed by atoms with Gasteiger partial charge in [0.25, 0.3) is 0 Å². The summed E-state index contributed by atoms with van der Waals surface area (Å²) in [6.45, 7) is 5.04. The van der Waals surface area contributed by atoms with Gasteiger partial charge in [0.15, 0.2) is 0 Å². The molecule has 0 spiro atoms. The first-order valence-electron chi connectivity index (χ1n) is 6.35. The van der Waals surface area contributed by atoms with Crippen LogP contribution in [0.25, 0.3) is 0 Å². The van der Waals surface area contributed by atoms with Crippen molar-refractivity contribution in [2.75, 3.05) is 20.3 Å². The number of aryl methyl sites for hydroxylation is 1. The van der Waals surface area contributed by atoms with Crippen LogP contribution >= 0.6 is 0 Å². The maximum atomic E-state index is 5.16. The molecular weight excluding hydrogens is 212 g/mol. The van der Waals surface area contributed by atoms with E-state index in [2.05, 4.69) is 23.3 Å². The number of methoxy groups -OCH3 is 1. The van der Waals surface area contributed by atoms with E-state index < -0.39 is 0 Å². The van der Waals surface area contributed by atoms with Gasteiger partial charge in [-0.25, -0.2) is 0 Å². The first-order chi connectivity index (χ1) is 8.26. The fourth-order valence-corrected chi connectivity index (χ4v) is 2.15. The van der Waals surface area contributed by atoms with Crippen molar-refractivity contribution < 1.29 is 4.74 Å². The zero-order chi connectivity index (χ0) is 12.1. The van der Waals surface area contributed by atoms with Crippen molar-refractivity contribution in [1.29, 1.82) is 0 Å². The molecule has 0 atom stereocenters. The van der Waals surface area contributed by atoms with Gasteiger partial charge in [-0.1, -0.05) is 0 Å². The monoisotopic (exact) mass is 234 g/mol. The number of nitrogens with zero attached hydrogens (tertiary/aromatic N) is 1. The molecule has 1 saturated carbocycles. The van der Waals surface area contributed by atoms with Crippen LogP contribution in [0, 0.1) is 12.3 Å². The van der Waals surface area contributed by atoms with Gasteiger partial charge in [-0.3, -0.25) is 4.98 Å². The smallest absolute Gasteiger partial charge is 0.0468 e. The molecule has 1 fully saturated rings. The summed E-state index contributed by atoms with van der Waals surface area (Å²) in [5.41, 5.74) is 3.14. The Hall–Kier alpha value is -0.930. The molecule has 2 rings (SSSR count). The lowest BCUT2D eigenvalue weighted by Crippen LogP contribution is -2.25. The number of rotatable bonds is 7. The summed E-state index contributed by atoms with van der Waals surface area (Å²) in [5.74, 6) is 0. The quantitative estimate of drug-likeness (QED) is 0.786. The first-order valence-corrected chi connectivity index (χ1v) is 6.35. The van der Waals surface area contributed by atoms with Crippen LogP contribution in [0.15, 0.2) is 18.5 Å². The van der Waals surface area contributed by atoms with Crippen LogP contribution in [-0.2, 0) is 11.3 Å². The second kappa shape index (κ2) is 5.61. The third-order valence-corrected chi connectivity index (χ3v) is 3.76. The summed E-state index contributed by atoms with van der Waals surface area (Å²) in [7, 11) is 1.78. The third-order valence-electron chi connectivity index (χ3n) is 3.76. The molecule has 1 aromatic rings. The minimum absolute atomic E-state index is 0.520. The molecule has 0 saturated heterocycles. The molecule has 1 aliphatic rings. The van der Waals surface area contributed by atoms with Gasteiger partial charge in [0.2, 0.25) is 0 Å². The maximum absolute atomic E-state index is 5.16. The van der Waals surface area contributed by atoms with Crippen LogP contribution in [0.4, 0.5) is 0 Å². The summed E-state index contributed by atoms with van der Waals surface area (Å²) < 4.78 is 5.16. The summed E-state index contributed by atoms with van der Waals surface area (Å²) in [4.78, 5) is 4.17. The van der Waals surface area contributed by atoms with Gasteiger partial charge < -0.3 is 10.1 Å². The number of nitrogens with one attached hydrogen (secondary N) is 1. The van der Waals surface area contributed by atoms with Crippen molar-refractivity contribution in [3.8, 4) is 0 Å². The van der Waals surface area contributed by atoms with E-state index in [-0.39, 0.29) is 0 Å². The molecular formula is C14H22N2O. The number of ether oxygens (including phenoxy) is 1. The molecule has 3 heteroatoms. The van der Waals surface area contributed by atoms with Crippen LogP contribution in [0.2, 0.25) is 0 Å². The Labute approximate surface area is 104 Å². The molecule has 0 amide bonds. The molecule has 1 N–H and O–H groups in total. The SMILES string of the molecule is COCCC1(CNCc2cnccc2C)CC1. The lowest BCUT2D eigenvalue weighted by molar-refractivity contribution is 0.171. The predicted molar refractivity (Wildman–Crippen MR) is 68.8 cm³/mol. The minimum atomic E-state index is 0.520. The molecule has 1 heterocycles. The molecule has 0 aromatic carbocycles. The van der Waals surface area contributed by atoms with Gasteiger partial charge in [-0.15, -0.1) is 0 Å². The van der Waals surface area contributed by atoms with Crippen molar-refractivity contribution in [2.24, 2.45) is 5.41 Å². The van der Waals surface area contributed by atoms with E-state index in [4.69, 9.17) is 4.74 Å². The molecule has 17 heavy (non-hydrogen) atoms. The molecule has 3 nitrogen and oxygen atoms in total. The van der Waals surface area contributed by atoms with Crippen LogP contribution in [0.5, 0.6) is 0 Å². The van der Waals surface area contributed by atoms with Crippen LogP contribution in [-0.4, -0.2) is 25.2 Å². The molecule has 94 valence electrons. The summed E-state index contributed by atoms with van der Waals surface area (Å²) in [6.07, 6.45) is 7.67. The Morgan fingerprint density at radius 3 is 2.94 bits per heavy atom. The van der Waals surface area contributed by atoms with Gasteiger partial charge in [0, 0.05) is 39.2 Å².